The average Bonchev–Trinajstić information content (AvgIpc) is 2.87. The zero-order valence-electron chi connectivity index (χ0n) is 9.25. The Morgan fingerprint density at radius 1 is 1.59 bits per heavy atom. The first-order valence-corrected chi connectivity index (χ1v) is 7.48. The highest BCUT2D eigenvalue weighted by Crippen LogP contribution is 2.12. The number of sulfonamides is 1. The molecule has 92 valence electrons. The van der Waals surface area contributed by atoms with Gasteiger partial charge >= 0.3 is 0 Å². The van der Waals surface area contributed by atoms with Crippen LogP contribution in [0, 0.1) is 0 Å². The number of nitrogens with zero attached hydrogens (tertiary/aromatic N) is 1. The molecule has 0 radical (unpaired) electrons. The van der Waals surface area contributed by atoms with Crippen molar-refractivity contribution in [2.45, 2.75) is 24.3 Å². The van der Waals surface area contributed by atoms with Gasteiger partial charge in [0.05, 0.1) is 6.20 Å². The molecule has 0 saturated carbocycles. The van der Waals surface area contributed by atoms with Crippen LogP contribution in [0.5, 0.6) is 0 Å². The van der Waals surface area contributed by atoms with Crippen molar-refractivity contribution in [3.05, 3.63) is 34.8 Å². The van der Waals surface area contributed by atoms with Crippen molar-refractivity contribution in [2.75, 3.05) is 0 Å². The minimum atomic E-state index is -3.46. The molecule has 0 spiro atoms. The van der Waals surface area contributed by atoms with Gasteiger partial charge in [-0.3, -0.25) is 5.10 Å². The van der Waals surface area contributed by atoms with Crippen LogP contribution in [-0.4, -0.2) is 24.7 Å². The van der Waals surface area contributed by atoms with Crippen LogP contribution in [0.1, 0.15) is 11.8 Å². The molecule has 0 aliphatic carbocycles. The first-order valence-electron chi connectivity index (χ1n) is 5.11. The maximum Gasteiger partial charge on any atom is 0.243 e. The fourth-order valence-corrected chi connectivity index (χ4v) is 3.47. The summed E-state index contributed by atoms with van der Waals surface area (Å²) in [6.45, 7) is 1.84. The van der Waals surface area contributed by atoms with E-state index in [1.807, 2.05) is 24.4 Å². The summed E-state index contributed by atoms with van der Waals surface area (Å²) in [5, 5.41) is 8.10. The van der Waals surface area contributed by atoms with Crippen molar-refractivity contribution in [2.24, 2.45) is 0 Å². The summed E-state index contributed by atoms with van der Waals surface area (Å²) in [5.74, 6) is 0. The SMILES string of the molecule is CC(Cc1cccs1)NS(=O)(=O)c1cn[nH]c1. The molecule has 1 atom stereocenters. The van der Waals surface area contributed by atoms with Crippen molar-refractivity contribution in [1.82, 2.24) is 14.9 Å². The summed E-state index contributed by atoms with van der Waals surface area (Å²) < 4.78 is 26.3. The number of aromatic amines is 1. The average molecular weight is 271 g/mol. The highest BCUT2D eigenvalue weighted by atomic mass is 32.2. The van der Waals surface area contributed by atoms with E-state index >= 15 is 0 Å². The van der Waals surface area contributed by atoms with E-state index < -0.39 is 10.0 Å². The van der Waals surface area contributed by atoms with E-state index in [-0.39, 0.29) is 10.9 Å². The first kappa shape index (κ1) is 12.3. The van der Waals surface area contributed by atoms with Gasteiger partial charge in [-0.25, -0.2) is 13.1 Å². The second-order valence-electron chi connectivity index (χ2n) is 3.74. The van der Waals surface area contributed by atoms with Crippen LogP contribution in [0.15, 0.2) is 34.8 Å². The monoisotopic (exact) mass is 271 g/mol. The molecule has 0 bridgehead atoms. The minimum Gasteiger partial charge on any atom is -0.284 e. The molecular weight excluding hydrogens is 258 g/mol. The van der Waals surface area contributed by atoms with E-state index in [4.69, 9.17) is 0 Å². The van der Waals surface area contributed by atoms with E-state index in [0.717, 1.165) is 4.88 Å². The van der Waals surface area contributed by atoms with E-state index in [9.17, 15) is 8.42 Å². The Kier molecular flexibility index (Phi) is 3.60. The van der Waals surface area contributed by atoms with Crippen LogP contribution in [0.25, 0.3) is 0 Å². The molecule has 0 aliphatic heterocycles. The molecule has 0 amide bonds. The standard InChI is InChI=1S/C10H13N3O2S2/c1-8(5-9-3-2-4-16-9)13-17(14,15)10-6-11-12-7-10/h2-4,6-8,13H,5H2,1H3,(H,11,12). The zero-order valence-corrected chi connectivity index (χ0v) is 10.9. The van der Waals surface area contributed by atoms with Gasteiger partial charge in [-0.15, -0.1) is 11.3 Å². The molecule has 2 N–H and O–H groups in total. The maximum absolute atomic E-state index is 11.9. The van der Waals surface area contributed by atoms with E-state index in [1.54, 1.807) is 11.3 Å². The van der Waals surface area contributed by atoms with Gasteiger partial charge in [0.15, 0.2) is 0 Å². The zero-order chi connectivity index (χ0) is 12.3. The molecule has 0 saturated heterocycles. The highest BCUT2D eigenvalue weighted by Gasteiger charge is 2.18. The Balaban J connectivity index is 2.01. The van der Waals surface area contributed by atoms with Gasteiger partial charge in [-0.1, -0.05) is 6.07 Å². The van der Waals surface area contributed by atoms with Crippen LogP contribution in [0.4, 0.5) is 0 Å². The fraction of sp³-hybridized carbons (Fsp3) is 0.300. The van der Waals surface area contributed by atoms with Crippen LogP contribution in [0.3, 0.4) is 0 Å². The second-order valence-corrected chi connectivity index (χ2v) is 6.49. The van der Waals surface area contributed by atoms with Crippen LogP contribution in [0.2, 0.25) is 0 Å². The van der Waals surface area contributed by atoms with Crippen molar-refractivity contribution in [3.63, 3.8) is 0 Å². The van der Waals surface area contributed by atoms with Gasteiger partial charge < -0.3 is 0 Å². The van der Waals surface area contributed by atoms with Gasteiger partial charge in [0.2, 0.25) is 10.0 Å². The third kappa shape index (κ3) is 3.15. The topological polar surface area (TPSA) is 74.8 Å². The van der Waals surface area contributed by atoms with Crippen LogP contribution >= 0.6 is 11.3 Å². The van der Waals surface area contributed by atoms with Gasteiger partial charge in [0, 0.05) is 17.1 Å². The van der Waals surface area contributed by atoms with E-state index in [2.05, 4.69) is 14.9 Å². The first-order chi connectivity index (χ1) is 8.08. The smallest absolute Gasteiger partial charge is 0.243 e. The molecule has 2 aromatic rings. The lowest BCUT2D eigenvalue weighted by atomic mass is 10.2. The number of hydrogen-bond acceptors (Lipinski definition) is 4. The number of hydrogen-bond donors (Lipinski definition) is 2. The number of thiophene rings is 1. The maximum atomic E-state index is 11.9. The summed E-state index contributed by atoms with van der Waals surface area (Å²) in [5.41, 5.74) is 0. The lowest BCUT2D eigenvalue weighted by Gasteiger charge is -2.12. The number of rotatable bonds is 5. The van der Waals surface area contributed by atoms with Crippen molar-refractivity contribution < 1.29 is 8.42 Å². The molecule has 1 unspecified atom stereocenters. The normalized spacial score (nSPS) is 13.7. The molecule has 2 heterocycles. The van der Waals surface area contributed by atoms with Gasteiger partial charge in [-0.2, -0.15) is 5.10 Å². The predicted molar refractivity (Wildman–Crippen MR) is 66.4 cm³/mol. The van der Waals surface area contributed by atoms with Gasteiger partial charge in [-0.05, 0) is 24.8 Å². The quantitative estimate of drug-likeness (QED) is 0.862. The molecule has 0 aromatic carbocycles. The number of H-pyrrole nitrogens is 1. The fourth-order valence-electron chi connectivity index (χ4n) is 1.49. The lowest BCUT2D eigenvalue weighted by molar-refractivity contribution is 0.561. The molecule has 0 aliphatic rings. The molecule has 7 heteroatoms. The second kappa shape index (κ2) is 4.99. The summed E-state index contributed by atoms with van der Waals surface area (Å²) in [7, 11) is -3.46. The largest absolute Gasteiger partial charge is 0.284 e. The number of aromatic nitrogens is 2. The third-order valence-electron chi connectivity index (χ3n) is 2.23. The number of nitrogens with one attached hydrogen (secondary N) is 2. The molecule has 2 rings (SSSR count). The third-order valence-corrected chi connectivity index (χ3v) is 4.68. The van der Waals surface area contributed by atoms with Gasteiger partial charge in [0.1, 0.15) is 4.90 Å². The van der Waals surface area contributed by atoms with Crippen molar-refractivity contribution in [1.29, 1.82) is 0 Å². The van der Waals surface area contributed by atoms with Crippen LogP contribution in [-0.2, 0) is 16.4 Å². The highest BCUT2D eigenvalue weighted by molar-refractivity contribution is 7.89. The van der Waals surface area contributed by atoms with Gasteiger partial charge in [0.25, 0.3) is 0 Å². The summed E-state index contributed by atoms with van der Waals surface area (Å²) in [4.78, 5) is 1.32. The molecule has 5 nitrogen and oxygen atoms in total. The van der Waals surface area contributed by atoms with E-state index in [1.165, 1.54) is 12.4 Å². The predicted octanol–water partition coefficient (Wildman–Crippen LogP) is 1.38. The molecule has 17 heavy (non-hydrogen) atoms. The Morgan fingerprint density at radius 3 is 3.00 bits per heavy atom. The molecule has 0 fully saturated rings. The van der Waals surface area contributed by atoms with Crippen molar-refractivity contribution in [3.8, 4) is 0 Å². The summed E-state index contributed by atoms with van der Waals surface area (Å²) >= 11 is 1.62. The van der Waals surface area contributed by atoms with Crippen LogP contribution < -0.4 is 4.72 Å². The van der Waals surface area contributed by atoms with Crippen molar-refractivity contribution >= 4 is 21.4 Å². The summed E-state index contributed by atoms with van der Waals surface area (Å²) in [6, 6.07) is 3.80. The van der Waals surface area contributed by atoms with E-state index in [0.29, 0.717) is 6.42 Å². The Morgan fingerprint density at radius 2 is 2.41 bits per heavy atom. The Bertz CT molecular complexity index is 546. The molecular formula is C10H13N3O2S2. The molecule has 2 aromatic heterocycles. The Labute approximate surface area is 104 Å². The Hall–Kier alpha value is -1.18. The minimum absolute atomic E-state index is 0.145. The summed E-state index contributed by atoms with van der Waals surface area (Å²) in [6.07, 6.45) is 3.34. The lowest BCUT2D eigenvalue weighted by Crippen LogP contribution is -2.33.